The molecule has 0 radical (unpaired) electrons. The monoisotopic (exact) mass is 204 g/mol. The summed E-state index contributed by atoms with van der Waals surface area (Å²) in [6.45, 7) is 5.79. The molecule has 0 saturated heterocycles. The molecule has 1 amide bonds. The van der Waals surface area contributed by atoms with Gasteiger partial charge in [0.05, 0.1) is 11.9 Å². The van der Waals surface area contributed by atoms with Gasteiger partial charge in [-0.25, -0.2) is 0 Å². The Balaban J connectivity index is 2.41. The molecule has 3 heteroatoms. The Morgan fingerprint density at radius 2 is 2.33 bits per heavy atom. The van der Waals surface area contributed by atoms with Crippen molar-refractivity contribution in [1.29, 1.82) is 0 Å². The summed E-state index contributed by atoms with van der Waals surface area (Å²) in [6.07, 6.45) is 4.03. The predicted octanol–water partition coefficient (Wildman–Crippen LogP) is 2.40. The molecule has 0 aromatic carbocycles. The van der Waals surface area contributed by atoms with Gasteiger partial charge in [0.1, 0.15) is 0 Å². The highest BCUT2D eigenvalue weighted by Gasteiger charge is 2.22. The standard InChI is InChI=1S/C12H16N2O/c1-7-4-5-10-8(2)11(14-9(3)15)6-13-12(7)10/h6-7H,4-5H2,1-3H3,(H,14,15). The molecule has 1 heterocycles. The zero-order valence-electron chi connectivity index (χ0n) is 9.42. The molecule has 2 rings (SSSR count). The van der Waals surface area contributed by atoms with E-state index in [1.54, 1.807) is 6.20 Å². The van der Waals surface area contributed by atoms with Gasteiger partial charge in [-0.3, -0.25) is 9.78 Å². The van der Waals surface area contributed by atoms with Gasteiger partial charge in [0.25, 0.3) is 0 Å². The SMILES string of the molecule is CC(=O)Nc1cnc2c(c1C)CCC2C. The van der Waals surface area contributed by atoms with Gasteiger partial charge >= 0.3 is 0 Å². The van der Waals surface area contributed by atoms with Crippen LogP contribution < -0.4 is 5.32 Å². The van der Waals surface area contributed by atoms with Gasteiger partial charge in [0.2, 0.25) is 5.91 Å². The van der Waals surface area contributed by atoms with Crippen molar-refractivity contribution in [2.24, 2.45) is 0 Å². The molecule has 15 heavy (non-hydrogen) atoms. The molecule has 1 aromatic heterocycles. The van der Waals surface area contributed by atoms with Crippen molar-refractivity contribution in [1.82, 2.24) is 4.98 Å². The molecule has 0 fully saturated rings. The van der Waals surface area contributed by atoms with Crippen molar-refractivity contribution in [3.05, 3.63) is 23.0 Å². The summed E-state index contributed by atoms with van der Waals surface area (Å²) in [6, 6.07) is 0. The van der Waals surface area contributed by atoms with Crippen LogP contribution in [0.25, 0.3) is 0 Å². The number of rotatable bonds is 1. The number of pyridine rings is 1. The Morgan fingerprint density at radius 3 is 3.00 bits per heavy atom. The number of amides is 1. The molecular weight excluding hydrogens is 188 g/mol. The maximum atomic E-state index is 11.0. The third-order valence-corrected chi connectivity index (χ3v) is 3.10. The van der Waals surface area contributed by atoms with E-state index in [0.29, 0.717) is 5.92 Å². The molecule has 3 nitrogen and oxygen atoms in total. The predicted molar refractivity (Wildman–Crippen MR) is 60.0 cm³/mol. The van der Waals surface area contributed by atoms with Crippen LogP contribution in [0.5, 0.6) is 0 Å². The van der Waals surface area contributed by atoms with Gasteiger partial charge in [-0.2, -0.15) is 0 Å². The zero-order chi connectivity index (χ0) is 11.0. The molecule has 0 bridgehead atoms. The molecule has 1 aliphatic carbocycles. The van der Waals surface area contributed by atoms with Gasteiger partial charge < -0.3 is 5.32 Å². The summed E-state index contributed by atoms with van der Waals surface area (Å²) in [5.74, 6) is 0.524. The highest BCUT2D eigenvalue weighted by molar-refractivity contribution is 5.89. The number of aromatic nitrogens is 1. The van der Waals surface area contributed by atoms with Crippen LogP contribution in [0, 0.1) is 6.92 Å². The molecule has 1 N–H and O–H groups in total. The Hall–Kier alpha value is -1.38. The molecule has 1 unspecified atom stereocenters. The first kappa shape index (κ1) is 10.1. The first-order valence-corrected chi connectivity index (χ1v) is 5.35. The molecular formula is C12H16N2O. The smallest absolute Gasteiger partial charge is 0.221 e. The van der Waals surface area contributed by atoms with E-state index < -0.39 is 0 Å². The Morgan fingerprint density at radius 1 is 1.60 bits per heavy atom. The lowest BCUT2D eigenvalue weighted by Crippen LogP contribution is -2.09. The van der Waals surface area contributed by atoms with Crippen LogP contribution >= 0.6 is 0 Å². The third-order valence-electron chi connectivity index (χ3n) is 3.10. The summed E-state index contributed by atoms with van der Waals surface area (Å²) >= 11 is 0. The summed E-state index contributed by atoms with van der Waals surface area (Å²) in [5, 5.41) is 2.82. The van der Waals surface area contributed by atoms with Gasteiger partial charge in [-0.15, -0.1) is 0 Å². The first-order valence-electron chi connectivity index (χ1n) is 5.35. The number of anilines is 1. The van der Waals surface area contributed by atoms with Crippen LogP contribution in [0.2, 0.25) is 0 Å². The van der Waals surface area contributed by atoms with E-state index in [4.69, 9.17) is 0 Å². The van der Waals surface area contributed by atoms with Crippen molar-refractivity contribution in [3.8, 4) is 0 Å². The van der Waals surface area contributed by atoms with Crippen LogP contribution in [0.1, 0.15) is 43.0 Å². The zero-order valence-corrected chi connectivity index (χ0v) is 9.42. The minimum absolute atomic E-state index is 0.0362. The number of fused-ring (bicyclic) bond motifs is 1. The second-order valence-electron chi connectivity index (χ2n) is 4.28. The fourth-order valence-corrected chi connectivity index (χ4v) is 2.22. The van der Waals surface area contributed by atoms with Crippen molar-refractivity contribution in [2.75, 3.05) is 5.32 Å². The van der Waals surface area contributed by atoms with Crippen molar-refractivity contribution >= 4 is 11.6 Å². The van der Waals surface area contributed by atoms with Crippen LogP contribution in [0.3, 0.4) is 0 Å². The van der Waals surface area contributed by atoms with Crippen molar-refractivity contribution in [3.63, 3.8) is 0 Å². The number of hydrogen-bond acceptors (Lipinski definition) is 2. The topological polar surface area (TPSA) is 42.0 Å². The van der Waals surface area contributed by atoms with E-state index >= 15 is 0 Å². The number of carbonyl (C=O) groups is 1. The first-order chi connectivity index (χ1) is 7.09. The molecule has 1 atom stereocenters. The molecule has 0 spiro atoms. The Kier molecular flexibility index (Phi) is 2.47. The average molecular weight is 204 g/mol. The summed E-state index contributed by atoms with van der Waals surface area (Å²) in [5.41, 5.74) is 4.57. The van der Waals surface area contributed by atoms with E-state index in [9.17, 15) is 4.79 Å². The third kappa shape index (κ3) is 1.74. The highest BCUT2D eigenvalue weighted by Crippen LogP contribution is 2.35. The molecule has 0 saturated carbocycles. The largest absolute Gasteiger partial charge is 0.325 e. The molecule has 1 aliphatic rings. The minimum atomic E-state index is -0.0362. The average Bonchev–Trinajstić information content (AvgIpc) is 2.53. The summed E-state index contributed by atoms with van der Waals surface area (Å²) in [4.78, 5) is 15.4. The minimum Gasteiger partial charge on any atom is -0.325 e. The van der Waals surface area contributed by atoms with E-state index in [2.05, 4.69) is 24.1 Å². The lowest BCUT2D eigenvalue weighted by Gasteiger charge is -2.11. The quantitative estimate of drug-likeness (QED) is 0.763. The van der Waals surface area contributed by atoms with E-state index in [1.807, 2.05) is 0 Å². The van der Waals surface area contributed by atoms with Gasteiger partial charge in [0, 0.05) is 12.6 Å². The number of carbonyl (C=O) groups excluding carboxylic acids is 1. The maximum absolute atomic E-state index is 11.0. The Labute approximate surface area is 89.9 Å². The van der Waals surface area contributed by atoms with Crippen molar-refractivity contribution in [2.45, 2.75) is 39.5 Å². The molecule has 0 aliphatic heterocycles. The number of hydrogen-bond donors (Lipinski definition) is 1. The van der Waals surface area contributed by atoms with Gasteiger partial charge in [0.15, 0.2) is 0 Å². The lowest BCUT2D eigenvalue weighted by molar-refractivity contribution is -0.114. The Bertz CT molecular complexity index is 412. The molecule has 1 aromatic rings. The van der Waals surface area contributed by atoms with Crippen LogP contribution in [0.4, 0.5) is 5.69 Å². The second kappa shape index (κ2) is 3.65. The fraction of sp³-hybridized carbons (Fsp3) is 0.500. The number of nitrogens with zero attached hydrogens (tertiary/aromatic N) is 1. The number of nitrogens with one attached hydrogen (secondary N) is 1. The maximum Gasteiger partial charge on any atom is 0.221 e. The second-order valence-corrected chi connectivity index (χ2v) is 4.28. The van der Waals surface area contributed by atoms with E-state index in [0.717, 1.165) is 12.1 Å². The van der Waals surface area contributed by atoms with Crippen LogP contribution in [0.15, 0.2) is 6.20 Å². The molecule has 80 valence electrons. The van der Waals surface area contributed by atoms with Crippen LogP contribution in [-0.4, -0.2) is 10.9 Å². The van der Waals surface area contributed by atoms with Crippen LogP contribution in [-0.2, 0) is 11.2 Å². The highest BCUT2D eigenvalue weighted by atomic mass is 16.1. The fourth-order valence-electron chi connectivity index (χ4n) is 2.22. The van der Waals surface area contributed by atoms with Crippen molar-refractivity contribution < 1.29 is 4.79 Å². The van der Waals surface area contributed by atoms with Gasteiger partial charge in [-0.05, 0) is 36.8 Å². The lowest BCUT2D eigenvalue weighted by atomic mass is 10.1. The normalized spacial score (nSPS) is 18.7. The van der Waals surface area contributed by atoms with Gasteiger partial charge in [-0.1, -0.05) is 6.92 Å². The summed E-state index contributed by atoms with van der Waals surface area (Å²) in [7, 11) is 0. The van der Waals surface area contributed by atoms with E-state index in [-0.39, 0.29) is 5.91 Å². The van der Waals surface area contributed by atoms with E-state index in [1.165, 1.54) is 30.2 Å². The summed E-state index contributed by atoms with van der Waals surface area (Å²) < 4.78 is 0.